The maximum atomic E-state index is 11.8. The van der Waals surface area contributed by atoms with E-state index < -0.39 is 45.0 Å². The zero-order valence-corrected chi connectivity index (χ0v) is 26.8. The Kier molecular flexibility index (Phi) is 12.7. The van der Waals surface area contributed by atoms with Gasteiger partial charge in [0.15, 0.2) is 0 Å². The summed E-state index contributed by atoms with van der Waals surface area (Å²) in [5.74, 6) is -0.730. The van der Waals surface area contributed by atoms with Crippen LogP contribution in [0.2, 0.25) is 5.02 Å². The number of hydrogen-bond acceptors (Lipinski definition) is 9. The van der Waals surface area contributed by atoms with Crippen molar-refractivity contribution in [2.45, 2.75) is 30.8 Å². The Morgan fingerprint density at radius 3 is 2.03 bits per heavy atom. The first-order chi connectivity index (χ1) is 17.0. The average Bonchev–Trinajstić information content (AvgIpc) is 3.33. The first-order valence-electron chi connectivity index (χ1n) is 10.5. The largest absolute Gasteiger partial charge is 1.00 e. The molecule has 2 aromatic carbocycles. The predicted molar refractivity (Wildman–Crippen MR) is 127 cm³/mol. The molecule has 0 saturated carbocycles. The molecule has 3 aromatic rings. The van der Waals surface area contributed by atoms with Gasteiger partial charge in [0.25, 0.3) is 0 Å². The monoisotopic (exact) mass is 599 g/mol. The van der Waals surface area contributed by atoms with Gasteiger partial charge in [0.1, 0.15) is 12.2 Å². The van der Waals surface area contributed by atoms with Crippen LogP contribution < -0.4 is 59.1 Å². The first-order valence-corrected chi connectivity index (χ1v) is 13.6. The van der Waals surface area contributed by atoms with Gasteiger partial charge in [-0.1, -0.05) is 60.1 Å². The third kappa shape index (κ3) is 9.25. The summed E-state index contributed by atoms with van der Waals surface area (Å²) in [5, 5.41) is 0.380. The van der Waals surface area contributed by atoms with E-state index in [2.05, 4.69) is 4.98 Å². The number of ether oxygens (including phenoxy) is 1. The molecule has 1 N–H and O–H groups in total. The number of hydrogen-bond donors (Lipinski definition) is 1. The Bertz CT molecular complexity index is 1420. The van der Waals surface area contributed by atoms with Crippen molar-refractivity contribution < 1.29 is 98.2 Å². The van der Waals surface area contributed by atoms with Gasteiger partial charge in [-0.25, -0.2) is 16.8 Å². The SMILES string of the molecule is O=S(=O)([O-])O[C@H]1[C@H](OCc2ccccc2)[C@@H](c2cc[nH]c2)C=C(c2ccc(Cl)cc2)[C@H]1OS(=O)(=O)[O-].[Na+].[Na+]. The van der Waals surface area contributed by atoms with Crippen LogP contribution in [-0.4, -0.2) is 49.2 Å². The molecule has 0 unspecified atom stereocenters. The second-order valence-corrected chi connectivity index (χ2v) is 10.4. The molecule has 0 fully saturated rings. The molecule has 0 saturated heterocycles. The fraction of sp³-hybridized carbons (Fsp3) is 0.217. The van der Waals surface area contributed by atoms with Crippen molar-refractivity contribution in [2.24, 2.45) is 0 Å². The molecular weight excluding hydrogens is 580 g/mol. The minimum absolute atomic E-state index is 0. The second-order valence-electron chi connectivity index (χ2n) is 7.95. The summed E-state index contributed by atoms with van der Waals surface area (Å²) < 4.78 is 85.9. The molecule has 192 valence electrons. The van der Waals surface area contributed by atoms with Gasteiger partial charge in [0, 0.05) is 23.3 Å². The zero-order valence-electron chi connectivity index (χ0n) is 20.4. The number of aromatic nitrogens is 1. The van der Waals surface area contributed by atoms with Crippen LogP contribution in [-0.2, 0) is 40.5 Å². The minimum Gasteiger partial charge on any atom is -0.726 e. The van der Waals surface area contributed by atoms with E-state index in [-0.39, 0.29) is 71.3 Å². The van der Waals surface area contributed by atoms with Crippen LogP contribution in [0.15, 0.2) is 79.1 Å². The number of aromatic amines is 1. The van der Waals surface area contributed by atoms with Crippen LogP contribution in [0.5, 0.6) is 0 Å². The molecule has 0 amide bonds. The normalized spacial score (nSPS) is 21.6. The van der Waals surface area contributed by atoms with Crippen LogP contribution in [0.3, 0.4) is 0 Å². The Labute approximate surface area is 270 Å². The van der Waals surface area contributed by atoms with Crippen molar-refractivity contribution in [3.05, 3.63) is 101 Å². The molecule has 0 spiro atoms. The number of halogens is 1. The molecule has 38 heavy (non-hydrogen) atoms. The van der Waals surface area contributed by atoms with Crippen LogP contribution in [0.25, 0.3) is 5.57 Å². The standard InChI is InChI=1S/C23H22ClNO9S2.2Na/c24-18-8-6-16(7-9-18)19-12-20(17-10-11-25-13-17)21(32-14-15-4-2-1-3-5-15)23(34-36(29,30)31)22(19)33-35(26,27)28;;/h1-13,20-23,25H,14H2,(H,26,27,28)(H,29,30,31);;/q;2*+1/p-2/t20-,21-,22-,23+;;/m1../s1. The third-order valence-electron chi connectivity index (χ3n) is 5.56. The summed E-state index contributed by atoms with van der Waals surface area (Å²) >= 11 is 5.98. The number of H-pyrrole nitrogens is 1. The van der Waals surface area contributed by atoms with Gasteiger partial charge in [-0.05, 0) is 40.5 Å². The van der Waals surface area contributed by atoms with Gasteiger partial charge in [0.05, 0.1) is 12.7 Å². The van der Waals surface area contributed by atoms with Crippen molar-refractivity contribution in [3.63, 3.8) is 0 Å². The summed E-state index contributed by atoms with van der Waals surface area (Å²) in [5.41, 5.74) is 1.81. The van der Waals surface area contributed by atoms with Gasteiger partial charge < -0.3 is 18.8 Å². The summed E-state index contributed by atoms with van der Waals surface area (Å²) in [6, 6.07) is 16.7. The Balaban J connectivity index is 0.00000253. The van der Waals surface area contributed by atoms with Crippen molar-refractivity contribution in [3.8, 4) is 0 Å². The molecule has 0 radical (unpaired) electrons. The van der Waals surface area contributed by atoms with Crippen molar-refractivity contribution in [1.82, 2.24) is 4.98 Å². The smallest absolute Gasteiger partial charge is 0.726 e. The minimum atomic E-state index is -5.40. The molecule has 4 rings (SSSR count). The maximum Gasteiger partial charge on any atom is 1.00 e. The van der Waals surface area contributed by atoms with E-state index in [0.29, 0.717) is 16.1 Å². The predicted octanol–water partition coefficient (Wildman–Crippen LogP) is -2.87. The molecule has 1 heterocycles. The van der Waals surface area contributed by atoms with Crippen LogP contribution in [0, 0.1) is 0 Å². The first kappa shape index (κ1) is 33.7. The summed E-state index contributed by atoms with van der Waals surface area (Å²) in [4.78, 5) is 2.90. The van der Waals surface area contributed by atoms with E-state index in [1.165, 1.54) is 24.3 Å². The zero-order chi connectivity index (χ0) is 25.9. The number of nitrogens with one attached hydrogen (secondary N) is 1. The van der Waals surface area contributed by atoms with E-state index in [0.717, 1.165) is 5.56 Å². The summed E-state index contributed by atoms with van der Waals surface area (Å²) in [6.45, 7) is -0.0356. The second kappa shape index (κ2) is 14.4. The van der Waals surface area contributed by atoms with Crippen molar-refractivity contribution in [2.75, 3.05) is 0 Å². The fourth-order valence-corrected chi connectivity index (χ4v) is 5.19. The number of rotatable bonds is 9. The Morgan fingerprint density at radius 2 is 1.47 bits per heavy atom. The van der Waals surface area contributed by atoms with Crippen LogP contribution in [0.1, 0.15) is 22.6 Å². The van der Waals surface area contributed by atoms with Crippen molar-refractivity contribution in [1.29, 1.82) is 0 Å². The van der Waals surface area contributed by atoms with E-state index in [4.69, 9.17) is 24.7 Å². The van der Waals surface area contributed by atoms with E-state index in [1.54, 1.807) is 54.9 Å². The van der Waals surface area contributed by atoms with Gasteiger partial charge >= 0.3 is 59.1 Å². The molecule has 15 heteroatoms. The molecular formula is C23H20ClNNa2O9S2. The van der Waals surface area contributed by atoms with E-state index >= 15 is 0 Å². The Morgan fingerprint density at radius 1 is 0.842 bits per heavy atom. The quantitative estimate of drug-likeness (QED) is 0.155. The molecule has 4 atom stereocenters. The van der Waals surface area contributed by atoms with Gasteiger partial charge in [-0.2, -0.15) is 0 Å². The molecule has 0 bridgehead atoms. The van der Waals surface area contributed by atoms with Gasteiger partial charge in [-0.15, -0.1) is 0 Å². The summed E-state index contributed by atoms with van der Waals surface area (Å²) in [7, 11) is -10.8. The van der Waals surface area contributed by atoms with Crippen LogP contribution >= 0.6 is 11.6 Å². The molecule has 0 aliphatic heterocycles. The van der Waals surface area contributed by atoms with E-state index in [9.17, 15) is 25.9 Å². The Hall–Kier alpha value is -0.550. The topological polar surface area (TPSA) is 158 Å². The fourth-order valence-electron chi connectivity index (χ4n) is 4.11. The maximum absolute atomic E-state index is 11.8. The van der Waals surface area contributed by atoms with Gasteiger partial charge in [0.2, 0.25) is 20.8 Å². The van der Waals surface area contributed by atoms with Crippen molar-refractivity contribution >= 4 is 38.0 Å². The molecule has 1 aliphatic rings. The average molecular weight is 600 g/mol. The summed E-state index contributed by atoms with van der Waals surface area (Å²) in [6.07, 6.45) is -0.0239. The van der Waals surface area contributed by atoms with Crippen LogP contribution in [0.4, 0.5) is 0 Å². The third-order valence-corrected chi connectivity index (χ3v) is 6.71. The molecule has 1 aromatic heterocycles. The molecule has 10 nitrogen and oxygen atoms in total. The molecule has 1 aliphatic carbocycles. The van der Waals surface area contributed by atoms with E-state index in [1.807, 2.05) is 0 Å². The number of benzene rings is 2. The van der Waals surface area contributed by atoms with Gasteiger partial charge in [-0.3, -0.25) is 8.37 Å².